The molecule has 0 atom stereocenters. The van der Waals surface area contributed by atoms with Crippen molar-refractivity contribution in [2.45, 2.75) is 6.18 Å². The van der Waals surface area contributed by atoms with Crippen LogP contribution in [0.2, 0.25) is 0 Å². The third kappa shape index (κ3) is 5.39. The van der Waals surface area contributed by atoms with Gasteiger partial charge in [0.1, 0.15) is 4.48 Å². The first-order valence-electron chi connectivity index (χ1n) is 5.04. The van der Waals surface area contributed by atoms with Crippen molar-refractivity contribution in [1.29, 1.82) is 0 Å². The van der Waals surface area contributed by atoms with E-state index in [0.29, 0.717) is 5.56 Å². The number of nitrogens with zero attached hydrogens (tertiary/aromatic N) is 1. The van der Waals surface area contributed by atoms with E-state index in [2.05, 4.69) is 20.7 Å². The van der Waals surface area contributed by atoms with Crippen molar-refractivity contribution >= 4 is 33.7 Å². The lowest BCUT2D eigenvalue weighted by molar-refractivity contribution is -0.384. The minimum absolute atomic E-state index is 0.141. The molecule has 0 aliphatic carbocycles. The fourth-order valence-corrected chi connectivity index (χ4v) is 1.49. The topological polar surface area (TPSA) is 69.4 Å². The number of hydrogen-bond acceptors (Lipinski definition) is 4. The monoisotopic (exact) mass is 353 g/mol. The number of esters is 1. The van der Waals surface area contributed by atoms with Crippen LogP contribution in [0.1, 0.15) is 5.56 Å². The van der Waals surface area contributed by atoms with Gasteiger partial charge >= 0.3 is 12.1 Å². The number of nitro groups is 1. The van der Waals surface area contributed by atoms with Crippen molar-refractivity contribution in [3.8, 4) is 0 Å². The van der Waals surface area contributed by atoms with Crippen molar-refractivity contribution < 1.29 is 27.6 Å². The van der Waals surface area contributed by atoms with Gasteiger partial charge in [-0.25, -0.2) is 4.79 Å². The Kier molecular flexibility index (Phi) is 5.26. The molecular formula is C11H7BrF3NO4. The number of benzene rings is 1. The van der Waals surface area contributed by atoms with E-state index >= 15 is 0 Å². The van der Waals surface area contributed by atoms with Gasteiger partial charge in [-0.3, -0.25) is 10.1 Å². The first-order valence-corrected chi connectivity index (χ1v) is 5.84. The molecule has 108 valence electrons. The Morgan fingerprint density at radius 3 is 2.35 bits per heavy atom. The number of hydrogen-bond donors (Lipinski definition) is 0. The molecule has 0 amide bonds. The second-order valence-corrected chi connectivity index (χ2v) is 4.39. The van der Waals surface area contributed by atoms with Crippen molar-refractivity contribution in [2.75, 3.05) is 6.61 Å². The summed E-state index contributed by atoms with van der Waals surface area (Å²) in [4.78, 5) is 21.0. The number of ether oxygens (including phenoxy) is 1. The molecule has 0 N–H and O–H groups in total. The van der Waals surface area contributed by atoms with Crippen LogP contribution in [0.5, 0.6) is 0 Å². The molecule has 0 aromatic heterocycles. The third-order valence-electron chi connectivity index (χ3n) is 1.96. The summed E-state index contributed by atoms with van der Waals surface area (Å²) in [6.45, 7) is -1.69. The number of nitro benzene ring substituents is 1. The standard InChI is InChI=1S/C11H7BrF3NO4/c12-9(10(17)20-6-11(13,14)15)5-7-1-3-8(4-2-7)16(18)19/h1-5H,6H2/b9-5-. The summed E-state index contributed by atoms with van der Waals surface area (Å²) in [5, 5.41) is 10.4. The fraction of sp³-hybridized carbons (Fsp3) is 0.182. The number of non-ortho nitro benzene ring substituents is 1. The maximum atomic E-state index is 11.9. The Morgan fingerprint density at radius 2 is 1.90 bits per heavy atom. The fourth-order valence-electron chi connectivity index (χ4n) is 1.11. The van der Waals surface area contributed by atoms with Crippen molar-refractivity contribution in [3.05, 3.63) is 44.4 Å². The van der Waals surface area contributed by atoms with Gasteiger partial charge in [-0.2, -0.15) is 13.2 Å². The van der Waals surface area contributed by atoms with E-state index in [1.807, 2.05) is 0 Å². The van der Waals surface area contributed by atoms with Gasteiger partial charge in [0.2, 0.25) is 0 Å². The molecular weight excluding hydrogens is 347 g/mol. The molecule has 1 rings (SSSR count). The zero-order valence-corrected chi connectivity index (χ0v) is 11.3. The van der Waals surface area contributed by atoms with Crippen LogP contribution < -0.4 is 0 Å². The number of carbonyl (C=O) groups is 1. The van der Waals surface area contributed by atoms with Crippen molar-refractivity contribution in [3.63, 3.8) is 0 Å². The molecule has 0 aliphatic heterocycles. The Hall–Kier alpha value is -1.90. The van der Waals surface area contributed by atoms with E-state index in [-0.39, 0.29) is 10.2 Å². The lowest BCUT2D eigenvalue weighted by Gasteiger charge is -2.07. The molecule has 0 spiro atoms. The summed E-state index contributed by atoms with van der Waals surface area (Å²) >= 11 is 2.78. The molecule has 0 aliphatic rings. The van der Waals surface area contributed by atoms with Gasteiger partial charge in [0.25, 0.3) is 5.69 Å². The molecule has 0 heterocycles. The van der Waals surface area contributed by atoms with Gasteiger partial charge in [-0.1, -0.05) is 0 Å². The summed E-state index contributed by atoms with van der Waals surface area (Å²) in [6.07, 6.45) is -3.40. The molecule has 9 heteroatoms. The number of rotatable bonds is 4. The van der Waals surface area contributed by atoms with E-state index in [0.717, 1.165) is 0 Å². The quantitative estimate of drug-likeness (QED) is 0.360. The Balaban J connectivity index is 2.73. The van der Waals surface area contributed by atoms with E-state index in [9.17, 15) is 28.1 Å². The summed E-state index contributed by atoms with van der Waals surface area (Å²) in [6, 6.07) is 5.09. The second-order valence-electron chi connectivity index (χ2n) is 3.53. The Labute approximate surface area is 119 Å². The van der Waals surface area contributed by atoms with E-state index in [1.54, 1.807) is 0 Å². The van der Waals surface area contributed by atoms with Gasteiger partial charge in [0.05, 0.1) is 4.92 Å². The zero-order chi connectivity index (χ0) is 15.3. The van der Waals surface area contributed by atoms with Gasteiger partial charge in [0.15, 0.2) is 6.61 Å². The average molecular weight is 354 g/mol. The van der Waals surface area contributed by atoms with Crippen LogP contribution in [0.25, 0.3) is 6.08 Å². The maximum absolute atomic E-state index is 11.9. The second kappa shape index (κ2) is 6.51. The van der Waals surface area contributed by atoms with E-state index < -0.39 is 23.7 Å². The molecule has 0 saturated heterocycles. The lowest BCUT2D eigenvalue weighted by Crippen LogP contribution is -2.20. The predicted molar refractivity (Wildman–Crippen MR) is 67.0 cm³/mol. The van der Waals surface area contributed by atoms with Crippen LogP contribution in [0, 0.1) is 10.1 Å². The lowest BCUT2D eigenvalue weighted by atomic mass is 10.2. The van der Waals surface area contributed by atoms with E-state index in [1.165, 1.54) is 30.3 Å². The zero-order valence-electron chi connectivity index (χ0n) is 9.69. The highest BCUT2D eigenvalue weighted by atomic mass is 79.9. The molecule has 5 nitrogen and oxygen atoms in total. The van der Waals surface area contributed by atoms with Crippen LogP contribution in [0.3, 0.4) is 0 Å². The SMILES string of the molecule is O=C(OCC(F)(F)F)/C(Br)=C/c1ccc([N+](=O)[O-])cc1. The highest BCUT2D eigenvalue weighted by Crippen LogP contribution is 2.19. The molecule has 0 fully saturated rings. The van der Waals surface area contributed by atoms with E-state index in [4.69, 9.17) is 0 Å². The summed E-state index contributed by atoms with van der Waals surface area (Å²) in [5.41, 5.74) is 0.254. The molecule has 1 aromatic rings. The molecule has 0 unspecified atom stereocenters. The first-order chi connectivity index (χ1) is 9.19. The minimum Gasteiger partial charge on any atom is -0.452 e. The molecule has 0 radical (unpaired) electrons. The highest BCUT2D eigenvalue weighted by Gasteiger charge is 2.29. The minimum atomic E-state index is -4.60. The van der Waals surface area contributed by atoms with Gasteiger partial charge < -0.3 is 4.74 Å². The highest BCUT2D eigenvalue weighted by molar-refractivity contribution is 9.12. The van der Waals surface area contributed by atoms with Gasteiger partial charge in [-0.05, 0) is 39.7 Å². The van der Waals surface area contributed by atoms with Crippen molar-refractivity contribution in [2.24, 2.45) is 0 Å². The predicted octanol–water partition coefficient (Wildman–Crippen LogP) is 3.44. The number of halogens is 4. The first kappa shape index (κ1) is 16.2. The largest absolute Gasteiger partial charge is 0.452 e. The molecule has 1 aromatic carbocycles. The van der Waals surface area contributed by atoms with Gasteiger partial charge in [-0.15, -0.1) is 0 Å². The van der Waals surface area contributed by atoms with Crippen LogP contribution in [0.15, 0.2) is 28.7 Å². The molecule has 0 bridgehead atoms. The van der Waals surface area contributed by atoms with Crippen LogP contribution in [0.4, 0.5) is 18.9 Å². The smallest absolute Gasteiger partial charge is 0.422 e. The van der Waals surface area contributed by atoms with Crippen LogP contribution in [-0.2, 0) is 9.53 Å². The summed E-state index contributed by atoms with van der Waals surface area (Å²) < 4.78 is 39.3. The molecule has 0 saturated carbocycles. The third-order valence-corrected chi connectivity index (χ3v) is 2.51. The summed E-state index contributed by atoms with van der Waals surface area (Å²) in [5.74, 6) is -1.18. The van der Waals surface area contributed by atoms with Crippen LogP contribution >= 0.6 is 15.9 Å². The summed E-state index contributed by atoms with van der Waals surface area (Å²) in [7, 11) is 0. The van der Waals surface area contributed by atoms with Crippen molar-refractivity contribution in [1.82, 2.24) is 0 Å². The maximum Gasteiger partial charge on any atom is 0.422 e. The van der Waals surface area contributed by atoms with Gasteiger partial charge in [0, 0.05) is 12.1 Å². The average Bonchev–Trinajstić information content (AvgIpc) is 2.35. The normalized spacial score (nSPS) is 12.1. The molecule has 20 heavy (non-hydrogen) atoms. The van der Waals surface area contributed by atoms with Crippen LogP contribution in [-0.4, -0.2) is 23.7 Å². The number of carbonyl (C=O) groups excluding carboxylic acids is 1. The Bertz CT molecular complexity index is 540. The number of alkyl halides is 3. The Morgan fingerprint density at radius 1 is 1.35 bits per heavy atom.